The third kappa shape index (κ3) is 3.31. The second-order valence-electron chi connectivity index (χ2n) is 9.82. The van der Waals surface area contributed by atoms with Gasteiger partial charge in [0.15, 0.2) is 11.4 Å². The number of hydrogen-bond donors (Lipinski definition) is 5. The van der Waals surface area contributed by atoms with E-state index in [1.54, 1.807) is 6.07 Å². The molecule has 0 radical (unpaired) electrons. The zero-order chi connectivity index (χ0) is 27.0. The normalized spacial score (nSPS) is 27.2. The number of likely N-dealkylation sites (N-methyl/N-ethyl adjacent to an activating group) is 1. The number of aliphatic hydroxyl groups is 3. The Kier molecular flexibility index (Phi) is 5.46. The number of aromatic hydroxyl groups is 1. The van der Waals surface area contributed by atoms with Crippen molar-refractivity contribution in [3.63, 3.8) is 0 Å². The standard InChI is InChI=1S/C26H24FN3O7/c1-30(2)20-14-8-11-7-13-12(10-3-6-16(27)29-9-10)4-5-15(31)18(13)21(32)17(11)23(34)26(14,37)24(35)19(22(20)33)25(28)36/h3-6,9,11,14,20,31-32,35,37H,7-8H2,1-2H3,(H2,28,36). The number of primary amides is 1. The highest BCUT2D eigenvalue weighted by atomic mass is 19.1. The van der Waals surface area contributed by atoms with Crippen LogP contribution in [0.5, 0.6) is 5.75 Å². The van der Waals surface area contributed by atoms with E-state index < -0.39 is 64.0 Å². The number of amides is 1. The first kappa shape index (κ1) is 24.6. The number of aromatic nitrogens is 1. The van der Waals surface area contributed by atoms with E-state index in [1.807, 2.05) is 0 Å². The topological polar surface area (TPSA) is 174 Å². The van der Waals surface area contributed by atoms with Crippen molar-refractivity contribution in [3.8, 4) is 16.9 Å². The molecule has 0 saturated heterocycles. The van der Waals surface area contributed by atoms with Gasteiger partial charge in [-0.25, -0.2) is 4.98 Å². The van der Waals surface area contributed by atoms with Crippen LogP contribution >= 0.6 is 0 Å². The van der Waals surface area contributed by atoms with Gasteiger partial charge >= 0.3 is 0 Å². The van der Waals surface area contributed by atoms with Crippen molar-refractivity contribution >= 4 is 23.2 Å². The fourth-order valence-electron chi connectivity index (χ4n) is 6.05. The van der Waals surface area contributed by atoms with Gasteiger partial charge in [-0.15, -0.1) is 0 Å². The number of aliphatic hydroxyl groups excluding tert-OH is 2. The molecular formula is C26H24FN3O7. The maximum absolute atomic E-state index is 13.8. The molecule has 0 spiro atoms. The summed E-state index contributed by atoms with van der Waals surface area (Å²) in [5.74, 6) is -7.82. The zero-order valence-electron chi connectivity index (χ0n) is 19.9. The minimum absolute atomic E-state index is 0.0253. The van der Waals surface area contributed by atoms with Crippen LogP contribution < -0.4 is 5.73 Å². The average molecular weight is 509 g/mol. The van der Waals surface area contributed by atoms with E-state index in [1.165, 1.54) is 43.4 Å². The minimum Gasteiger partial charge on any atom is -0.508 e. The molecule has 6 N–H and O–H groups in total. The van der Waals surface area contributed by atoms with Gasteiger partial charge in [0.05, 0.1) is 11.6 Å². The third-order valence-electron chi connectivity index (χ3n) is 7.64. The summed E-state index contributed by atoms with van der Waals surface area (Å²) >= 11 is 0. The number of ketones is 2. The monoisotopic (exact) mass is 509 g/mol. The number of benzene rings is 1. The lowest BCUT2D eigenvalue weighted by molar-refractivity contribution is -0.153. The summed E-state index contributed by atoms with van der Waals surface area (Å²) in [5.41, 5.74) is 3.00. The average Bonchev–Trinajstić information content (AvgIpc) is 2.82. The molecule has 0 bridgehead atoms. The van der Waals surface area contributed by atoms with Crippen LogP contribution in [0.25, 0.3) is 16.9 Å². The second kappa shape index (κ2) is 8.22. The predicted octanol–water partition coefficient (Wildman–Crippen LogP) is 1.17. The Morgan fingerprint density at radius 3 is 2.46 bits per heavy atom. The molecule has 11 heteroatoms. The van der Waals surface area contributed by atoms with E-state index in [4.69, 9.17) is 5.73 Å². The first-order chi connectivity index (χ1) is 17.4. The van der Waals surface area contributed by atoms with Gasteiger partial charge in [0.1, 0.15) is 22.8 Å². The fourth-order valence-corrected chi connectivity index (χ4v) is 6.05. The molecule has 1 aromatic heterocycles. The molecule has 192 valence electrons. The van der Waals surface area contributed by atoms with E-state index in [-0.39, 0.29) is 29.7 Å². The lowest BCUT2D eigenvalue weighted by atomic mass is 9.57. The Balaban J connectivity index is 1.74. The summed E-state index contributed by atoms with van der Waals surface area (Å²) in [6, 6.07) is 4.39. The molecule has 1 fully saturated rings. The first-order valence-electron chi connectivity index (χ1n) is 11.5. The van der Waals surface area contributed by atoms with Crippen molar-refractivity contribution in [2.75, 3.05) is 14.1 Å². The van der Waals surface area contributed by atoms with Crippen LogP contribution in [-0.2, 0) is 20.8 Å². The molecule has 10 nitrogen and oxygen atoms in total. The molecule has 0 aliphatic heterocycles. The number of nitrogens with zero attached hydrogens (tertiary/aromatic N) is 2. The Morgan fingerprint density at radius 1 is 1.16 bits per heavy atom. The lowest BCUT2D eigenvalue weighted by Crippen LogP contribution is -2.65. The lowest BCUT2D eigenvalue weighted by Gasteiger charge is -2.50. The van der Waals surface area contributed by atoms with E-state index in [9.17, 15) is 39.2 Å². The summed E-state index contributed by atoms with van der Waals surface area (Å²) in [5, 5.41) is 44.4. The van der Waals surface area contributed by atoms with Gasteiger partial charge in [-0.1, -0.05) is 6.07 Å². The van der Waals surface area contributed by atoms with Crippen LogP contribution in [0.4, 0.5) is 4.39 Å². The fraction of sp³-hybridized carbons (Fsp3) is 0.308. The van der Waals surface area contributed by atoms with E-state index in [0.717, 1.165) is 0 Å². The molecule has 37 heavy (non-hydrogen) atoms. The quantitative estimate of drug-likeness (QED) is 0.300. The second-order valence-corrected chi connectivity index (χ2v) is 9.82. The molecular weight excluding hydrogens is 485 g/mol. The Bertz CT molecular complexity index is 1450. The molecule has 1 aromatic carbocycles. The zero-order valence-corrected chi connectivity index (χ0v) is 19.9. The maximum Gasteiger partial charge on any atom is 0.255 e. The molecule has 4 unspecified atom stereocenters. The van der Waals surface area contributed by atoms with Gasteiger partial charge < -0.3 is 26.2 Å². The molecule has 3 aliphatic rings. The number of phenols is 1. The number of halogens is 1. The van der Waals surface area contributed by atoms with Crippen LogP contribution in [0.2, 0.25) is 0 Å². The van der Waals surface area contributed by atoms with Crippen molar-refractivity contribution in [1.29, 1.82) is 0 Å². The number of phenolic OH excluding ortho intramolecular Hbond substituents is 1. The van der Waals surface area contributed by atoms with Gasteiger partial charge in [-0.3, -0.25) is 19.3 Å². The number of carbonyl (C=O) groups excluding carboxylic acids is 3. The molecule has 1 heterocycles. The largest absolute Gasteiger partial charge is 0.508 e. The molecule has 1 amide bonds. The number of fused-ring (bicyclic) bond motifs is 3. The van der Waals surface area contributed by atoms with Gasteiger partial charge in [0.25, 0.3) is 5.91 Å². The van der Waals surface area contributed by atoms with E-state index >= 15 is 0 Å². The van der Waals surface area contributed by atoms with Gasteiger partial charge in [0.2, 0.25) is 11.7 Å². The van der Waals surface area contributed by atoms with Crippen LogP contribution in [0.15, 0.2) is 47.4 Å². The van der Waals surface area contributed by atoms with Crippen molar-refractivity contribution in [3.05, 3.63) is 64.4 Å². The molecule has 4 atom stereocenters. The molecule has 1 saturated carbocycles. The first-order valence-corrected chi connectivity index (χ1v) is 11.5. The van der Waals surface area contributed by atoms with Crippen LogP contribution in [-0.4, -0.2) is 73.5 Å². The third-order valence-corrected chi connectivity index (χ3v) is 7.64. The number of Topliss-reactive ketones (excluding diaryl/α,β-unsaturated/α-hetero) is 2. The summed E-state index contributed by atoms with van der Waals surface area (Å²) < 4.78 is 13.4. The number of rotatable bonds is 3. The van der Waals surface area contributed by atoms with Crippen molar-refractivity contribution in [1.82, 2.24) is 9.88 Å². The Morgan fingerprint density at radius 2 is 1.86 bits per heavy atom. The number of carbonyl (C=O) groups is 3. The summed E-state index contributed by atoms with van der Waals surface area (Å²) in [4.78, 5) is 44.1. The van der Waals surface area contributed by atoms with Crippen molar-refractivity contribution < 1.29 is 39.2 Å². The van der Waals surface area contributed by atoms with Crippen LogP contribution in [0, 0.1) is 17.8 Å². The predicted molar refractivity (Wildman–Crippen MR) is 127 cm³/mol. The number of nitrogens with two attached hydrogens (primary N) is 1. The highest BCUT2D eigenvalue weighted by Gasteiger charge is 2.64. The van der Waals surface area contributed by atoms with Gasteiger partial charge in [-0.05, 0) is 62.2 Å². The van der Waals surface area contributed by atoms with Gasteiger partial charge in [0, 0.05) is 23.3 Å². The van der Waals surface area contributed by atoms with Gasteiger partial charge in [-0.2, -0.15) is 4.39 Å². The van der Waals surface area contributed by atoms with Crippen LogP contribution in [0.3, 0.4) is 0 Å². The molecule has 5 rings (SSSR count). The summed E-state index contributed by atoms with van der Waals surface area (Å²) in [6.45, 7) is 0. The Labute approximate surface area is 210 Å². The van der Waals surface area contributed by atoms with E-state index in [0.29, 0.717) is 16.7 Å². The Hall–Kier alpha value is -4.09. The summed E-state index contributed by atoms with van der Waals surface area (Å²) in [7, 11) is 3.07. The molecule has 2 aromatic rings. The maximum atomic E-state index is 13.8. The highest BCUT2D eigenvalue weighted by Crippen LogP contribution is 2.53. The minimum atomic E-state index is -2.70. The van der Waals surface area contributed by atoms with E-state index in [2.05, 4.69) is 4.98 Å². The SMILES string of the molecule is CN(C)C1C(=O)C(C(N)=O)=C(O)C2(O)C(=O)C3=C(O)c4c(O)ccc(-c5ccc(F)nc5)c4CC3CC12. The summed E-state index contributed by atoms with van der Waals surface area (Å²) in [6.07, 6.45) is 1.40. The van der Waals surface area contributed by atoms with Crippen molar-refractivity contribution in [2.24, 2.45) is 17.6 Å². The number of pyridine rings is 1. The smallest absolute Gasteiger partial charge is 0.255 e. The highest BCUT2D eigenvalue weighted by molar-refractivity contribution is 6.24. The number of hydrogen-bond acceptors (Lipinski definition) is 9. The van der Waals surface area contributed by atoms with Crippen LogP contribution in [0.1, 0.15) is 17.5 Å². The molecule has 3 aliphatic carbocycles. The van der Waals surface area contributed by atoms with Crippen molar-refractivity contribution in [2.45, 2.75) is 24.5 Å².